The van der Waals surface area contributed by atoms with Gasteiger partial charge in [-0.25, -0.2) is 9.97 Å². The minimum Gasteiger partial charge on any atom is -0.384 e. The molecule has 2 heterocycles. The summed E-state index contributed by atoms with van der Waals surface area (Å²) in [5.74, 6) is 3.15. The Balaban J connectivity index is 2.00. The summed E-state index contributed by atoms with van der Waals surface area (Å²) in [4.78, 5) is 11.2. The van der Waals surface area contributed by atoms with Gasteiger partial charge in [0.1, 0.15) is 11.6 Å². The van der Waals surface area contributed by atoms with Gasteiger partial charge in [0.05, 0.1) is 6.61 Å². The second kappa shape index (κ2) is 7.69. The number of aromatic nitrogens is 2. The Hall–Kier alpha value is -1.01. The van der Waals surface area contributed by atoms with Crippen molar-refractivity contribution in [1.29, 1.82) is 0 Å². The van der Waals surface area contributed by atoms with Crippen LogP contribution in [0.25, 0.3) is 0 Å². The predicted molar refractivity (Wildman–Crippen MR) is 84.3 cm³/mol. The van der Waals surface area contributed by atoms with Crippen LogP contribution in [0.2, 0.25) is 0 Å². The van der Waals surface area contributed by atoms with E-state index in [2.05, 4.69) is 21.8 Å². The van der Waals surface area contributed by atoms with Crippen LogP contribution in [0.5, 0.6) is 0 Å². The van der Waals surface area contributed by atoms with E-state index in [0.29, 0.717) is 11.7 Å². The molecular weight excluding hydrogens is 272 g/mol. The average Bonchev–Trinajstić information content (AvgIpc) is 2.88. The van der Waals surface area contributed by atoms with Crippen molar-refractivity contribution < 1.29 is 4.74 Å². The van der Waals surface area contributed by atoms with Crippen LogP contribution in [-0.4, -0.2) is 42.5 Å². The minimum atomic E-state index is 0.559. The molecule has 0 radical (unpaired) electrons. The van der Waals surface area contributed by atoms with E-state index in [-0.39, 0.29) is 0 Å². The highest BCUT2D eigenvalue weighted by Gasteiger charge is 2.24. The van der Waals surface area contributed by atoms with Crippen molar-refractivity contribution in [2.45, 2.75) is 31.3 Å². The van der Waals surface area contributed by atoms with Gasteiger partial charge in [-0.2, -0.15) is 0 Å². The van der Waals surface area contributed by atoms with Crippen LogP contribution in [0.4, 0.5) is 11.6 Å². The topological polar surface area (TPSA) is 64.3 Å². The molecule has 1 aromatic rings. The van der Waals surface area contributed by atoms with Gasteiger partial charge in [-0.3, -0.25) is 0 Å². The molecule has 20 heavy (non-hydrogen) atoms. The Bertz CT molecular complexity index is 430. The average molecular weight is 296 g/mol. The molecule has 2 N–H and O–H groups in total. The SMILES string of the molecule is CCCCSc1nc(N)cc(N2CC[C@@H](COC)C2)n1. The number of hydrogen-bond donors (Lipinski definition) is 1. The van der Waals surface area contributed by atoms with Crippen LogP contribution in [-0.2, 0) is 4.74 Å². The summed E-state index contributed by atoms with van der Waals surface area (Å²) in [6, 6.07) is 1.87. The van der Waals surface area contributed by atoms with Gasteiger partial charge in [-0.15, -0.1) is 0 Å². The van der Waals surface area contributed by atoms with Crippen molar-refractivity contribution in [2.24, 2.45) is 5.92 Å². The second-order valence-corrected chi connectivity index (χ2v) is 6.25. The van der Waals surface area contributed by atoms with E-state index < -0.39 is 0 Å². The molecule has 0 aromatic carbocycles. The lowest BCUT2D eigenvalue weighted by Crippen LogP contribution is -2.22. The molecule has 1 fully saturated rings. The van der Waals surface area contributed by atoms with Gasteiger partial charge < -0.3 is 15.4 Å². The summed E-state index contributed by atoms with van der Waals surface area (Å²) < 4.78 is 5.23. The molecule has 1 aliphatic heterocycles. The van der Waals surface area contributed by atoms with Crippen LogP contribution < -0.4 is 10.6 Å². The fraction of sp³-hybridized carbons (Fsp3) is 0.714. The number of nitrogen functional groups attached to an aromatic ring is 1. The Morgan fingerprint density at radius 3 is 3.10 bits per heavy atom. The molecule has 0 unspecified atom stereocenters. The molecule has 0 spiro atoms. The monoisotopic (exact) mass is 296 g/mol. The number of nitrogens with zero attached hydrogens (tertiary/aromatic N) is 3. The van der Waals surface area contributed by atoms with E-state index in [1.54, 1.807) is 18.9 Å². The molecule has 1 saturated heterocycles. The standard InChI is InChI=1S/C14H24N4OS/c1-3-4-7-20-14-16-12(15)8-13(17-14)18-6-5-11(9-18)10-19-2/h8,11H,3-7,9-10H2,1-2H3,(H2,15,16,17)/t11-/m1/s1. The summed E-state index contributed by atoms with van der Waals surface area (Å²) >= 11 is 1.69. The van der Waals surface area contributed by atoms with Gasteiger partial charge in [-0.05, 0) is 12.8 Å². The fourth-order valence-electron chi connectivity index (χ4n) is 2.38. The summed E-state index contributed by atoms with van der Waals surface area (Å²) in [6.45, 7) is 5.01. The van der Waals surface area contributed by atoms with Crippen molar-refractivity contribution in [2.75, 3.05) is 43.2 Å². The highest BCUT2D eigenvalue weighted by Crippen LogP contribution is 2.26. The molecule has 2 rings (SSSR count). The van der Waals surface area contributed by atoms with Crippen LogP contribution in [0.15, 0.2) is 11.2 Å². The zero-order valence-electron chi connectivity index (χ0n) is 12.3. The summed E-state index contributed by atoms with van der Waals surface area (Å²) in [5, 5.41) is 0.795. The zero-order chi connectivity index (χ0) is 14.4. The third-order valence-corrected chi connectivity index (χ3v) is 4.39. The Labute approximate surface area is 125 Å². The van der Waals surface area contributed by atoms with Crippen molar-refractivity contribution in [3.05, 3.63) is 6.07 Å². The Morgan fingerprint density at radius 1 is 1.50 bits per heavy atom. The van der Waals surface area contributed by atoms with E-state index in [4.69, 9.17) is 10.5 Å². The predicted octanol–water partition coefficient (Wildman–Crippen LogP) is 2.42. The van der Waals surface area contributed by atoms with Crippen LogP contribution in [0.3, 0.4) is 0 Å². The Morgan fingerprint density at radius 2 is 2.35 bits per heavy atom. The third-order valence-electron chi connectivity index (χ3n) is 3.45. The van der Waals surface area contributed by atoms with Gasteiger partial charge >= 0.3 is 0 Å². The third kappa shape index (κ3) is 4.24. The number of unbranched alkanes of at least 4 members (excludes halogenated alkanes) is 1. The number of ether oxygens (including phenoxy) is 1. The number of anilines is 2. The van der Waals surface area contributed by atoms with E-state index in [1.807, 2.05) is 6.07 Å². The van der Waals surface area contributed by atoms with Gasteiger partial charge in [0.25, 0.3) is 0 Å². The van der Waals surface area contributed by atoms with Crippen molar-refractivity contribution in [3.63, 3.8) is 0 Å². The lowest BCUT2D eigenvalue weighted by Gasteiger charge is -2.18. The molecule has 6 heteroatoms. The second-order valence-electron chi connectivity index (χ2n) is 5.19. The van der Waals surface area contributed by atoms with Gasteiger partial charge in [0.15, 0.2) is 5.16 Å². The molecule has 0 saturated carbocycles. The molecular formula is C14H24N4OS. The van der Waals surface area contributed by atoms with E-state index in [0.717, 1.165) is 42.8 Å². The van der Waals surface area contributed by atoms with Crippen LogP contribution in [0.1, 0.15) is 26.2 Å². The van der Waals surface area contributed by atoms with Gasteiger partial charge in [0.2, 0.25) is 0 Å². The maximum atomic E-state index is 5.91. The van der Waals surface area contributed by atoms with Crippen molar-refractivity contribution in [3.8, 4) is 0 Å². The highest BCUT2D eigenvalue weighted by molar-refractivity contribution is 7.99. The maximum absolute atomic E-state index is 5.91. The molecule has 1 aromatic heterocycles. The molecule has 1 atom stereocenters. The first kappa shape index (κ1) is 15.4. The van der Waals surface area contributed by atoms with Crippen LogP contribution in [0, 0.1) is 5.92 Å². The maximum Gasteiger partial charge on any atom is 0.191 e. The molecule has 112 valence electrons. The molecule has 0 aliphatic carbocycles. The van der Waals surface area contributed by atoms with Gasteiger partial charge in [-0.1, -0.05) is 25.1 Å². The minimum absolute atomic E-state index is 0.559. The summed E-state index contributed by atoms with van der Waals surface area (Å²) in [5.41, 5.74) is 5.91. The lowest BCUT2D eigenvalue weighted by atomic mass is 10.1. The number of rotatable bonds is 7. The highest BCUT2D eigenvalue weighted by atomic mass is 32.2. The number of nitrogens with two attached hydrogens (primary N) is 1. The first-order valence-corrected chi connectivity index (χ1v) is 8.22. The molecule has 5 nitrogen and oxygen atoms in total. The molecule has 1 aliphatic rings. The number of methoxy groups -OCH3 is 1. The number of thioether (sulfide) groups is 1. The first-order chi connectivity index (χ1) is 9.72. The van der Waals surface area contributed by atoms with Gasteiger partial charge in [0, 0.05) is 37.9 Å². The Kier molecular flexibility index (Phi) is 5.91. The molecule has 0 bridgehead atoms. The van der Waals surface area contributed by atoms with E-state index in [9.17, 15) is 0 Å². The summed E-state index contributed by atoms with van der Waals surface area (Å²) in [7, 11) is 1.76. The number of hydrogen-bond acceptors (Lipinski definition) is 6. The van der Waals surface area contributed by atoms with E-state index >= 15 is 0 Å². The normalized spacial score (nSPS) is 18.7. The lowest BCUT2D eigenvalue weighted by molar-refractivity contribution is 0.161. The quantitative estimate of drug-likeness (QED) is 0.473. The van der Waals surface area contributed by atoms with Crippen LogP contribution >= 0.6 is 11.8 Å². The summed E-state index contributed by atoms with van der Waals surface area (Å²) in [6.07, 6.45) is 3.51. The first-order valence-electron chi connectivity index (χ1n) is 7.24. The van der Waals surface area contributed by atoms with Crippen molar-refractivity contribution in [1.82, 2.24) is 9.97 Å². The molecule has 0 amide bonds. The smallest absolute Gasteiger partial charge is 0.191 e. The fourth-order valence-corrected chi connectivity index (χ4v) is 3.32. The zero-order valence-corrected chi connectivity index (χ0v) is 13.2. The van der Waals surface area contributed by atoms with Crippen molar-refractivity contribution >= 4 is 23.4 Å². The van der Waals surface area contributed by atoms with E-state index in [1.165, 1.54) is 12.8 Å². The largest absolute Gasteiger partial charge is 0.384 e.